The van der Waals surface area contributed by atoms with E-state index in [4.69, 9.17) is 20.4 Å². The fraction of sp³-hybridized carbons (Fsp3) is 0.700. The van der Waals surface area contributed by atoms with Crippen molar-refractivity contribution in [3.05, 3.63) is 35.6 Å². The Hall–Kier alpha value is -2.60. The second-order valence-corrected chi connectivity index (χ2v) is 13.1. The average Bonchev–Trinajstić information content (AvgIpc) is 3.08. The summed E-state index contributed by atoms with van der Waals surface area (Å²) in [4.78, 5) is 35.8. The van der Waals surface area contributed by atoms with Gasteiger partial charge < -0.3 is 30.4 Å². The molecule has 10 nitrogen and oxygen atoms in total. The zero-order valence-electron chi connectivity index (χ0n) is 24.3. The Balaban J connectivity index is 0.000000302. The van der Waals surface area contributed by atoms with E-state index in [0.29, 0.717) is 30.5 Å². The summed E-state index contributed by atoms with van der Waals surface area (Å²) < 4.78 is 14.4. The van der Waals surface area contributed by atoms with E-state index in [1.807, 2.05) is 6.07 Å². The van der Waals surface area contributed by atoms with E-state index in [1.54, 1.807) is 12.1 Å². The Bertz CT molecular complexity index is 1060. The first-order chi connectivity index (χ1) is 19.0. The van der Waals surface area contributed by atoms with Crippen molar-refractivity contribution in [3.63, 3.8) is 0 Å². The molecule has 0 aromatic heterocycles. The van der Waals surface area contributed by atoms with E-state index in [1.165, 1.54) is 32.0 Å². The maximum atomic E-state index is 14.4. The molecule has 230 valence electrons. The molecule has 0 aliphatic carbocycles. The first-order valence-electron chi connectivity index (χ1n) is 14.4. The van der Waals surface area contributed by atoms with Crippen molar-refractivity contribution in [2.24, 2.45) is 11.3 Å². The topological polar surface area (TPSA) is 159 Å². The van der Waals surface area contributed by atoms with Crippen LogP contribution in [0.2, 0.25) is 0 Å². The van der Waals surface area contributed by atoms with Crippen LogP contribution in [0, 0.1) is 17.2 Å². The highest BCUT2D eigenvalue weighted by Crippen LogP contribution is 2.47. The predicted octanol–water partition coefficient (Wildman–Crippen LogP) is 3.15. The molecule has 3 aliphatic rings. The molecule has 11 heteroatoms. The zero-order chi connectivity index (χ0) is 30.6. The third-order valence-electron chi connectivity index (χ3n) is 8.72. The number of carbonyl (C=O) groups is 3. The van der Waals surface area contributed by atoms with Crippen LogP contribution in [0.25, 0.3) is 0 Å². The molecule has 0 amide bonds. The third kappa shape index (κ3) is 8.70. The van der Waals surface area contributed by atoms with E-state index in [0.717, 1.165) is 31.8 Å². The SMILES string of the molecule is CC1CCN(CC(C)(C)CN2C3CCC2CC(O)(c2ccccc2F)C3)CC1.O=C(O)CC(O)(CC(=O)O)C(=O)O. The monoisotopic (exact) mass is 580 g/mol. The number of fused-ring (bicyclic) bond motifs is 2. The van der Waals surface area contributed by atoms with Crippen LogP contribution in [0.4, 0.5) is 4.39 Å². The van der Waals surface area contributed by atoms with Gasteiger partial charge in [-0.1, -0.05) is 39.0 Å². The minimum atomic E-state index is -2.74. The molecule has 3 saturated heterocycles. The first-order valence-corrected chi connectivity index (χ1v) is 14.4. The Morgan fingerprint density at radius 3 is 1.90 bits per heavy atom. The van der Waals surface area contributed by atoms with Gasteiger partial charge in [0, 0.05) is 30.7 Å². The van der Waals surface area contributed by atoms with Gasteiger partial charge in [0.15, 0.2) is 5.60 Å². The van der Waals surface area contributed by atoms with Gasteiger partial charge in [0.05, 0.1) is 18.4 Å². The highest BCUT2D eigenvalue weighted by atomic mass is 19.1. The molecule has 2 atom stereocenters. The normalized spacial score (nSPS) is 25.8. The number of likely N-dealkylation sites (tertiary alicyclic amines) is 1. The molecule has 1 aromatic carbocycles. The molecule has 3 heterocycles. The highest BCUT2D eigenvalue weighted by molar-refractivity contribution is 5.88. The Kier molecular flexibility index (Phi) is 10.6. The van der Waals surface area contributed by atoms with Crippen LogP contribution in [-0.2, 0) is 20.0 Å². The first kappa shape index (κ1) is 32.9. The Labute approximate surface area is 240 Å². The number of aliphatic hydroxyl groups is 2. The maximum absolute atomic E-state index is 14.4. The summed E-state index contributed by atoms with van der Waals surface area (Å²) in [5.41, 5.74) is -3.03. The lowest BCUT2D eigenvalue weighted by molar-refractivity contribution is -0.170. The number of nitrogens with zero attached hydrogens (tertiary/aromatic N) is 2. The highest BCUT2D eigenvalue weighted by Gasteiger charge is 2.50. The number of benzene rings is 1. The van der Waals surface area contributed by atoms with Gasteiger partial charge in [-0.15, -0.1) is 0 Å². The lowest BCUT2D eigenvalue weighted by Crippen LogP contribution is -2.54. The van der Waals surface area contributed by atoms with Crippen LogP contribution in [-0.4, -0.2) is 97.1 Å². The predicted molar refractivity (Wildman–Crippen MR) is 149 cm³/mol. The number of halogens is 1. The third-order valence-corrected chi connectivity index (χ3v) is 8.72. The number of aliphatic carboxylic acids is 3. The van der Waals surface area contributed by atoms with Crippen LogP contribution in [0.15, 0.2) is 24.3 Å². The smallest absolute Gasteiger partial charge is 0.336 e. The summed E-state index contributed by atoms with van der Waals surface area (Å²) in [6, 6.07) is 7.52. The van der Waals surface area contributed by atoms with E-state index in [-0.39, 0.29) is 11.2 Å². The van der Waals surface area contributed by atoms with Crippen molar-refractivity contribution in [3.8, 4) is 0 Å². The van der Waals surface area contributed by atoms with Gasteiger partial charge in [0.1, 0.15) is 5.82 Å². The number of carboxylic acid groups (broad SMARTS) is 3. The molecule has 3 aliphatic heterocycles. The lowest BCUT2D eigenvalue weighted by Gasteiger charge is -2.47. The molecule has 1 aromatic rings. The van der Waals surface area contributed by atoms with Crippen LogP contribution in [0.1, 0.15) is 77.7 Å². The van der Waals surface area contributed by atoms with Crippen molar-refractivity contribution in [2.45, 2.75) is 95.4 Å². The van der Waals surface area contributed by atoms with Crippen molar-refractivity contribution in [1.29, 1.82) is 0 Å². The number of hydrogen-bond donors (Lipinski definition) is 5. The molecule has 2 unspecified atom stereocenters. The lowest BCUT2D eigenvalue weighted by atomic mass is 9.79. The van der Waals surface area contributed by atoms with Crippen LogP contribution >= 0.6 is 0 Å². The quantitative estimate of drug-likeness (QED) is 0.278. The summed E-state index contributed by atoms with van der Waals surface area (Å²) in [5, 5.41) is 45.1. The van der Waals surface area contributed by atoms with E-state index < -0.39 is 42.0 Å². The standard InChI is InChI=1S/C24H37FN2O.C6H8O7/c1-18-10-12-26(13-11-18)16-23(2,3)17-27-19-8-9-20(27)15-24(28,14-19)21-6-4-5-7-22(21)25;7-3(8)1-6(13,5(11)12)2-4(9)10/h4-7,18-20,28H,8-17H2,1-3H3;13H,1-2H2,(H,7,8)(H,9,10)(H,11,12). The number of rotatable bonds is 10. The fourth-order valence-electron chi connectivity index (χ4n) is 6.72. The second kappa shape index (κ2) is 13.1. The minimum Gasteiger partial charge on any atom is -0.481 e. The van der Waals surface area contributed by atoms with Crippen molar-refractivity contribution in [1.82, 2.24) is 9.80 Å². The second-order valence-electron chi connectivity index (χ2n) is 13.1. The van der Waals surface area contributed by atoms with Gasteiger partial charge in [-0.2, -0.15) is 0 Å². The van der Waals surface area contributed by atoms with Crippen molar-refractivity contribution < 1.29 is 44.3 Å². The molecule has 41 heavy (non-hydrogen) atoms. The molecular formula is C30H45FN2O8. The van der Waals surface area contributed by atoms with E-state index >= 15 is 0 Å². The summed E-state index contributed by atoms with van der Waals surface area (Å²) in [6.07, 6.45) is 3.91. The van der Waals surface area contributed by atoms with Gasteiger partial charge in [-0.05, 0) is 69.0 Å². The van der Waals surface area contributed by atoms with Gasteiger partial charge in [-0.3, -0.25) is 14.5 Å². The van der Waals surface area contributed by atoms with Gasteiger partial charge in [0.25, 0.3) is 0 Å². The van der Waals surface area contributed by atoms with E-state index in [9.17, 15) is 23.9 Å². The molecule has 5 N–H and O–H groups in total. The number of carboxylic acids is 3. The maximum Gasteiger partial charge on any atom is 0.336 e. The molecule has 4 rings (SSSR count). The van der Waals surface area contributed by atoms with Crippen LogP contribution in [0.5, 0.6) is 0 Å². The summed E-state index contributed by atoms with van der Waals surface area (Å²) in [6.45, 7) is 11.8. The summed E-state index contributed by atoms with van der Waals surface area (Å²) in [7, 11) is 0. The van der Waals surface area contributed by atoms with Gasteiger partial charge >= 0.3 is 17.9 Å². The number of hydrogen-bond acceptors (Lipinski definition) is 7. The summed E-state index contributed by atoms with van der Waals surface area (Å²) >= 11 is 0. The molecule has 0 saturated carbocycles. The average molecular weight is 581 g/mol. The summed E-state index contributed by atoms with van der Waals surface area (Å²) in [5.74, 6) is -4.42. The Morgan fingerprint density at radius 1 is 0.927 bits per heavy atom. The fourth-order valence-corrected chi connectivity index (χ4v) is 6.72. The molecule has 0 radical (unpaired) electrons. The molecule has 3 fully saturated rings. The Morgan fingerprint density at radius 2 is 1.44 bits per heavy atom. The number of piperidine rings is 2. The van der Waals surface area contributed by atoms with Crippen molar-refractivity contribution >= 4 is 17.9 Å². The van der Waals surface area contributed by atoms with Crippen molar-refractivity contribution in [2.75, 3.05) is 26.2 Å². The van der Waals surface area contributed by atoms with Gasteiger partial charge in [-0.25, -0.2) is 9.18 Å². The largest absolute Gasteiger partial charge is 0.481 e. The minimum absolute atomic E-state index is 0.231. The molecule has 0 spiro atoms. The zero-order valence-corrected chi connectivity index (χ0v) is 24.3. The van der Waals surface area contributed by atoms with E-state index in [2.05, 4.69) is 30.6 Å². The van der Waals surface area contributed by atoms with Crippen LogP contribution < -0.4 is 0 Å². The van der Waals surface area contributed by atoms with Crippen LogP contribution in [0.3, 0.4) is 0 Å². The van der Waals surface area contributed by atoms with Gasteiger partial charge in [0.2, 0.25) is 0 Å². The molecular weight excluding hydrogens is 535 g/mol. The molecule has 2 bridgehead atoms.